The van der Waals surface area contributed by atoms with Crippen LogP contribution in [0.2, 0.25) is 0 Å². The first-order valence-electron chi connectivity index (χ1n) is 7.92. The van der Waals surface area contributed by atoms with Gasteiger partial charge in [0, 0.05) is 12.0 Å². The maximum Gasteiger partial charge on any atom is 0.313 e. The third-order valence-electron chi connectivity index (χ3n) is 4.49. The van der Waals surface area contributed by atoms with Crippen LogP contribution in [-0.4, -0.2) is 18.4 Å². The molecule has 0 aromatic heterocycles. The van der Waals surface area contributed by atoms with Crippen LogP contribution in [0.15, 0.2) is 48.5 Å². The molecule has 0 spiro atoms. The van der Waals surface area contributed by atoms with E-state index in [-0.39, 0.29) is 11.1 Å². The number of benzene rings is 2. The van der Waals surface area contributed by atoms with Gasteiger partial charge in [0.15, 0.2) is 0 Å². The third kappa shape index (κ3) is 3.30. The summed E-state index contributed by atoms with van der Waals surface area (Å²) in [6.45, 7) is 2.45. The van der Waals surface area contributed by atoms with Gasteiger partial charge in [0.2, 0.25) is 0 Å². The highest BCUT2D eigenvalue weighted by Crippen LogP contribution is 2.48. The number of anilines is 1. The summed E-state index contributed by atoms with van der Waals surface area (Å²) in [6, 6.07) is 13.8. The SMILES string of the molecule is Cc1ccccc1C1(CNC(=O)C(=O)Nc2ccccc2F)CC1. The van der Waals surface area contributed by atoms with Gasteiger partial charge in [-0.2, -0.15) is 0 Å². The van der Waals surface area contributed by atoms with Crippen molar-refractivity contribution < 1.29 is 14.0 Å². The molecular weight excluding hydrogens is 307 g/mol. The summed E-state index contributed by atoms with van der Waals surface area (Å²) in [5, 5.41) is 4.97. The molecule has 2 N–H and O–H groups in total. The number of rotatable bonds is 4. The van der Waals surface area contributed by atoms with E-state index >= 15 is 0 Å². The Kier molecular flexibility index (Phi) is 4.34. The molecule has 5 heteroatoms. The van der Waals surface area contributed by atoms with Crippen LogP contribution in [0.5, 0.6) is 0 Å². The van der Waals surface area contributed by atoms with Crippen molar-refractivity contribution in [1.82, 2.24) is 5.32 Å². The molecule has 2 aromatic rings. The number of aryl methyl sites for hydroxylation is 1. The summed E-state index contributed by atoms with van der Waals surface area (Å²) in [4.78, 5) is 23.9. The molecule has 1 aliphatic rings. The van der Waals surface area contributed by atoms with E-state index in [0.29, 0.717) is 6.54 Å². The van der Waals surface area contributed by atoms with Gasteiger partial charge in [-0.3, -0.25) is 9.59 Å². The van der Waals surface area contributed by atoms with Crippen LogP contribution in [0, 0.1) is 12.7 Å². The third-order valence-corrected chi connectivity index (χ3v) is 4.49. The number of hydrogen-bond donors (Lipinski definition) is 2. The zero-order valence-electron chi connectivity index (χ0n) is 13.4. The number of carbonyl (C=O) groups excluding carboxylic acids is 2. The van der Waals surface area contributed by atoms with Crippen molar-refractivity contribution in [3.05, 3.63) is 65.5 Å². The molecule has 0 atom stereocenters. The normalized spacial score (nSPS) is 14.8. The minimum atomic E-state index is -0.860. The van der Waals surface area contributed by atoms with Gasteiger partial charge in [0.05, 0.1) is 5.69 Å². The largest absolute Gasteiger partial charge is 0.347 e. The summed E-state index contributed by atoms with van der Waals surface area (Å²) in [6.07, 6.45) is 1.96. The molecule has 2 aromatic carbocycles. The summed E-state index contributed by atoms with van der Waals surface area (Å²) >= 11 is 0. The number of carbonyl (C=O) groups is 2. The number of halogens is 1. The van der Waals surface area contributed by atoms with Crippen LogP contribution in [0.1, 0.15) is 24.0 Å². The van der Waals surface area contributed by atoms with Crippen molar-refractivity contribution in [1.29, 1.82) is 0 Å². The molecule has 1 saturated carbocycles. The molecular formula is C19H19FN2O2. The maximum atomic E-state index is 13.5. The van der Waals surface area contributed by atoms with Crippen LogP contribution in [0.25, 0.3) is 0 Å². The Morgan fingerprint density at radius 3 is 2.38 bits per heavy atom. The van der Waals surface area contributed by atoms with Crippen molar-refractivity contribution in [2.75, 3.05) is 11.9 Å². The topological polar surface area (TPSA) is 58.2 Å². The highest BCUT2D eigenvalue weighted by atomic mass is 19.1. The fraction of sp³-hybridized carbons (Fsp3) is 0.263. The fourth-order valence-corrected chi connectivity index (χ4v) is 2.93. The highest BCUT2D eigenvalue weighted by Gasteiger charge is 2.45. The molecule has 1 aliphatic carbocycles. The predicted octanol–water partition coefficient (Wildman–Crippen LogP) is 2.92. The molecule has 3 rings (SSSR count). The average Bonchev–Trinajstić information content (AvgIpc) is 3.36. The predicted molar refractivity (Wildman–Crippen MR) is 90.1 cm³/mol. The second-order valence-electron chi connectivity index (χ2n) is 6.21. The second-order valence-corrected chi connectivity index (χ2v) is 6.21. The van der Waals surface area contributed by atoms with Gasteiger partial charge in [0.25, 0.3) is 0 Å². The van der Waals surface area contributed by atoms with Gasteiger partial charge in [-0.25, -0.2) is 4.39 Å². The van der Waals surface area contributed by atoms with E-state index in [2.05, 4.69) is 16.7 Å². The maximum absolute atomic E-state index is 13.5. The molecule has 0 bridgehead atoms. The molecule has 0 saturated heterocycles. The van der Waals surface area contributed by atoms with E-state index in [1.807, 2.05) is 25.1 Å². The first kappa shape index (κ1) is 16.2. The Bertz CT molecular complexity index is 784. The number of nitrogens with one attached hydrogen (secondary N) is 2. The molecule has 24 heavy (non-hydrogen) atoms. The zero-order chi connectivity index (χ0) is 17.2. The van der Waals surface area contributed by atoms with E-state index in [0.717, 1.165) is 12.8 Å². The zero-order valence-corrected chi connectivity index (χ0v) is 13.4. The quantitative estimate of drug-likeness (QED) is 0.849. The molecule has 0 unspecified atom stereocenters. The van der Waals surface area contributed by atoms with Crippen molar-refractivity contribution in [2.45, 2.75) is 25.2 Å². The van der Waals surface area contributed by atoms with Crippen LogP contribution >= 0.6 is 0 Å². The fourth-order valence-electron chi connectivity index (χ4n) is 2.93. The van der Waals surface area contributed by atoms with Crippen LogP contribution in [-0.2, 0) is 15.0 Å². The lowest BCUT2D eigenvalue weighted by atomic mass is 9.92. The number of para-hydroxylation sites is 1. The minimum Gasteiger partial charge on any atom is -0.347 e. The van der Waals surface area contributed by atoms with E-state index in [1.165, 1.54) is 29.3 Å². The summed E-state index contributed by atoms with van der Waals surface area (Å²) in [5.74, 6) is -2.18. The average molecular weight is 326 g/mol. The highest BCUT2D eigenvalue weighted by molar-refractivity contribution is 6.39. The van der Waals surface area contributed by atoms with E-state index in [4.69, 9.17) is 0 Å². The lowest BCUT2D eigenvalue weighted by Crippen LogP contribution is -2.39. The van der Waals surface area contributed by atoms with Gasteiger partial charge in [-0.15, -0.1) is 0 Å². The molecule has 2 amide bonds. The Morgan fingerprint density at radius 1 is 1.04 bits per heavy atom. The Morgan fingerprint density at radius 2 is 1.71 bits per heavy atom. The van der Waals surface area contributed by atoms with Gasteiger partial charge in [-0.05, 0) is 43.0 Å². The van der Waals surface area contributed by atoms with E-state index in [1.54, 1.807) is 6.07 Å². The van der Waals surface area contributed by atoms with Gasteiger partial charge in [-0.1, -0.05) is 36.4 Å². The summed E-state index contributed by atoms with van der Waals surface area (Å²) in [5.41, 5.74) is 2.30. The van der Waals surface area contributed by atoms with Crippen LogP contribution < -0.4 is 10.6 Å². The summed E-state index contributed by atoms with van der Waals surface area (Å²) in [7, 11) is 0. The van der Waals surface area contributed by atoms with Crippen molar-refractivity contribution >= 4 is 17.5 Å². The monoisotopic (exact) mass is 326 g/mol. The van der Waals surface area contributed by atoms with Crippen LogP contribution in [0.3, 0.4) is 0 Å². The Balaban J connectivity index is 1.61. The van der Waals surface area contributed by atoms with Crippen LogP contribution in [0.4, 0.5) is 10.1 Å². The first-order valence-corrected chi connectivity index (χ1v) is 7.92. The van der Waals surface area contributed by atoms with Crippen molar-refractivity contribution in [3.8, 4) is 0 Å². The molecule has 0 radical (unpaired) electrons. The van der Waals surface area contributed by atoms with Gasteiger partial charge < -0.3 is 10.6 Å². The molecule has 0 heterocycles. The Hall–Kier alpha value is -2.69. The number of hydrogen-bond acceptors (Lipinski definition) is 2. The Labute approximate surface area is 140 Å². The lowest BCUT2D eigenvalue weighted by Gasteiger charge is -2.18. The lowest BCUT2D eigenvalue weighted by molar-refractivity contribution is -0.136. The summed E-state index contributed by atoms with van der Waals surface area (Å²) < 4.78 is 13.5. The molecule has 124 valence electrons. The first-order chi connectivity index (χ1) is 11.5. The minimum absolute atomic E-state index is 0.00214. The van der Waals surface area contributed by atoms with E-state index in [9.17, 15) is 14.0 Å². The molecule has 4 nitrogen and oxygen atoms in total. The smallest absolute Gasteiger partial charge is 0.313 e. The van der Waals surface area contributed by atoms with Crippen molar-refractivity contribution in [3.63, 3.8) is 0 Å². The van der Waals surface area contributed by atoms with Crippen molar-refractivity contribution in [2.24, 2.45) is 0 Å². The molecule has 0 aliphatic heterocycles. The van der Waals surface area contributed by atoms with Gasteiger partial charge in [0.1, 0.15) is 5.82 Å². The second kappa shape index (κ2) is 6.43. The molecule has 1 fully saturated rings. The number of amides is 2. The van der Waals surface area contributed by atoms with E-state index < -0.39 is 17.6 Å². The standard InChI is InChI=1S/C19H19FN2O2/c1-13-6-2-3-7-14(13)19(10-11-19)12-21-17(23)18(24)22-16-9-5-4-8-15(16)20/h2-9H,10-12H2,1H3,(H,21,23)(H,22,24). The van der Waals surface area contributed by atoms with Gasteiger partial charge >= 0.3 is 11.8 Å².